The van der Waals surface area contributed by atoms with E-state index in [0.29, 0.717) is 12.5 Å². The highest BCUT2D eigenvalue weighted by Crippen LogP contribution is 2.27. The van der Waals surface area contributed by atoms with Crippen LogP contribution in [0.3, 0.4) is 0 Å². The summed E-state index contributed by atoms with van der Waals surface area (Å²) >= 11 is 0. The number of fused-ring (bicyclic) bond motifs is 1. The van der Waals surface area contributed by atoms with Gasteiger partial charge < -0.3 is 9.30 Å². The Bertz CT molecular complexity index is 668. The maximum atomic E-state index is 12.6. The second kappa shape index (κ2) is 5.70. The van der Waals surface area contributed by atoms with E-state index in [-0.39, 0.29) is 11.6 Å². The first kappa shape index (κ1) is 14.6. The molecule has 1 aromatic heterocycles. The van der Waals surface area contributed by atoms with Crippen LogP contribution in [0.5, 0.6) is 5.75 Å². The highest BCUT2D eigenvalue weighted by atomic mass is 16.5. The molecule has 0 N–H and O–H groups in total. The molecule has 0 saturated heterocycles. The first-order valence-electron chi connectivity index (χ1n) is 7.27. The van der Waals surface area contributed by atoms with Crippen LogP contribution in [0.1, 0.15) is 52.1 Å². The van der Waals surface area contributed by atoms with Gasteiger partial charge in [-0.15, -0.1) is 0 Å². The van der Waals surface area contributed by atoms with E-state index in [4.69, 9.17) is 4.74 Å². The van der Waals surface area contributed by atoms with E-state index < -0.39 is 0 Å². The zero-order chi connectivity index (χ0) is 14.9. The number of ether oxygens (including phenoxy) is 1. The molecule has 3 heteroatoms. The third-order valence-electron chi connectivity index (χ3n) is 3.55. The summed E-state index contributed by atoms with van der Waals surface area (Å²) in [4.78, 5) is 12.6. The summed E-state index contributed by atoms with van der Waals surface area (Å²) in [6, 6.07) is 6.20. The third-order valence-corrected chi connectivity index (χ3v) is 3.55. The van der Waals surface area contributed by atoms with Gasteiger partial charge in [-0.2, -0.15) is 0 Å². The molecule has 0 fully saturated rings. The molecule has 108 valence electrons. The van der Waals surface area contributed by atoms with Gasteiger partial charge in [-0.25, -0.2) is 0 Å². The van der Waals surface area contributed by atoms with Crippen LogP contribution < -0.4 is 10.3 Å². The summed E-state index contributed by atoms with van der Waals surface area (Å²) in [6.07, 6.45) is 1.83. The van der Waals surface area contributed by atoms with Crippen LogP contribution in [0.15, 0.2) is 29.2 Å². The largest absolute Gasteiger partial charge is 0.492 e. The Morgan fingerprint density at radius 1 is 1.15 bits per heavy atom. The van der Waals surface area contributed by atoms with Crippen molar-refractivity contribution in [3.05, 3.63) is 40.3 Å². The fraction of sp³-hybridized carbons (Fsp3) is 0.471. The van der Waals surface area contributed by atoms with Crippen molar-refractivity contribution in [2.24, 2.45) is 0 Å². The molecular formula is C17H23NO2. The molecule has 1 heterocycles. The molecule has 0 radical (unpaired) electrons. The van der Waals surface area contributed by atoms with Crippen molar-refractivity contribution in [3.63, 3.8) is 0 Å². The van der Waals surface area contributed by atoms with Gasteiger partial charge in [-0.05, 0) is 38.3 Å². The van der Waals surface area contributed by atoms with Crippen LogP contribution in [0.2, 0.25) is 0 Å². The Morgan fingerprint density at radius 3 is 2.40 bits per heavy atom. The molecule has 0 aliphatic heterocycles. The van der Waals surface area contributed by atoms with Crippen LogP contribution in [-0.2, 0) is 0 Å². The molecule has 2 rings (SSSR count). The van der Waals surface area contributed by atoms with E-state index in [1.54, 1.807) is 4.57 Å². The van der Waals surface area contributed by atoms with E-state index in [9.17, 15) is 4.79 Å². The molecule has 3 nitrogen and oxygen atoms in total. The maximum absolute atomic E-state index is 12.6. The van der Waals surface area contributed by atoms with Crippen molar-refractivity contribution < 1.29 is 4.74 Å². The van der Waals surface area contributed by atoms with Crippen molar-refractivity contribution in [2.45, 2.75) is 46.6 Å². The van der Waals surface area contributed by atoms with E-state index >= 15 is 0 Å². The summed E-state index contributed by atoms with van der Waals surface area (Å²) in [6.45, 7) is 10.8. The summed E-state index contributed by atoms with van der Waals surface area (Å²) < 4.78 is 7.45. The zero-order valence-corrected chi connectivity index (χ0v) is 12.9. The molecule has 0 atom stereocenters. The van der Waals surface area contributed by atoms with Crippen LogP contribution in [-0.4, -0.2) is 11.2 Å². The van der Waals surface area contributed by atoms with Crippen molar-refractivity contribution in [1.82, 2.24) is 4.57 Å². The maximum Gasteiger partial charge on any atom is 0.258 e. The van der Waals surface area contributed by atoms with Crippen LogP contribution in [0.4, 0.5) is 0 Å². The summed E-state index contributed by atoms with van der Waals surface area (Å²) in [5.74, 6) is 1.19. The van der Waals surface area contributed by atoms with E-state index in [0.717, 1.165) is 16.5 Å². The minimum Gasteiger partial charge on any atom is -0.492 e. The van der Waals surface area contributed by atoms with E-state index in [2.05, 4.69) is 19.9 Å². The van der Waals surface area contributed by atoms with Gasteiger partial charge in [-0.3, -0.25) is 4.79 Å². The van der Waals surface area contributed by atoms with Gasteiger partial charge in [0.1, 0.15) is 5.75 Å². The third kappa shape index (κ3) is 2.58. The molecule has 0 aliphatic carbocycles. The van der Waals surface area contributed by atoms with Crippen LogP contribution in [0.25, 0.3) is 10.8 Å². The Labute approximate surface area is 120 Å². The summed E-state index contributed by atoms with van der Waals surface area (Å²) in [5, 5.41) is 1.65. The van der Waals surface area contributed by atoms with E-state index in [1.165, 1.54) is 5.56 Å². The Kier molecular flexibility index (Phi) is 4.17. The molecule has 0 bridgehead atoms. The standard InChI is InChI=1S/C17H23NO2/c1-6-20-16-10-18(12(4)5)17(19)15-9-13(11(2)3)7-8-14(15)16/h7-12H,6H2,1-5H3. The minimum absolute atomic E-state index is 0.0564. The number of nitrogens with zero attached hydrogens (tertiary/aromatic N) is 1. The predicted molar refractivity (Wildman–Crippen MR) is 83.9 cm³/mol. The first-order valence-corrected chi connectivity index (χ1v) is 7.27. The number of rotatable bonds is 4. The smallest absolute Gasteiger partial charge is 0.258 e. The lowest BCUT2D eigenvalue weighted by Gasteiger charge is -2.16. The Morgan fingerprint density at radius 2 is 1.85 bits per heavy atom. The predicted octanol–water partition coefficient (Wildman–Crippen LogP) is 4.10. The van der Waals surface area contributed by atoms with Gasteiger partial charge in [0.25, 0.3) is 5.56 Å². The average Bonchev–Trinajstić information content (AvgIpc) is 2.41. The topological polar surface area (TPSA) is 31.2 Å². The lowest BCUT2D eigenvalue weighted by molar-refractivity contribution is 0.339. The summed E-state index contributed by atoms with van der Waals surface area (Å²) in [7, 11) is 0. The normalized spacial score (nSPS) is 11.6. The number of hydrogen-bond acceptors (Lipinski definition) is 2. The Hall–Kier alpha value is -1.77. The fourth-order valence-corrected chi connectivity index (χ4v) is 2.36. The molecule has 1 aromatic carbocycles. The highest BCUT2D eigenvalue weighted by Gasteiger charge is 2.13. The molecule has 0 saturated carbocycles. The first-order chi connectivity index (χ1) is 9.45. The van der Waals surface area contributed by atoms with Crippen LogP contribution in [0, 0.1) is 0 Å². The molecule has 2 aromatic rings. The van der Waals surface area contributed by atoms with Crippen molar-refractivity contribution in [1.29, 1.82) is 0 Å². The molecule has 0 spiro atoms. The molecule has 0 amide bonds. The zero-order valence-electron chi connectivity index (χ0n) is 12.9. The van der Waals surface area contributed by atoms with E-state index in [1.807, 2.05) is 39.1 Å². The van der Waals surface area contributed by atoms with Gasteiger partial charge in [0.05, 0.1) is 18.2 Å². The SMILES string of the molecule is CCOc1cn(C(C)C)c(=O)c2cc(C(C)C)ccc12. The van der Waals surface area contributed by atoms with Gasteiger partial charge in [0.2, 0.25) is 0 Å². The molecule has 20 heavy (non-hydrogen) atoms. The molecule has 0 aliphatic rings. The number of pyridine rings is 1. The van der Waals surface area contributed by atoms with Crippen molar-refractivity contribution in [2.75, 3.05) is 6.61 Å². The van der Waals surface area contributed by atoms with Gasteiger partial charge in [0, 0.05) is 11.4 Å². The summed E-state index contributed by atoms with van der Waals surface area (Å²) in [5.41, 5.74) is 1.24. The van der Waals surface area contributed by atoms with Gasteiger partial charge in [-0.1, -0.05) is 26.0 Å². The second-order valence-corrected chi connectivity index (χ2v) is 5.69. The minimum atomic E-state index is 0.0564. The van der Waals surface area contributed by atoms with Gasteiger partial charge in [0.15, 0.2) is 0 Å². The number of hydrogen-bond donors (Lipinski definition) is 0. The quantitative estimate of drug-likeness (QED) is 0.839. The Balaban J connectivity index is 2.80. The lowest BCUT2D eigenvalue weighted by Crippen LogP contribution is -2.22. The van der Waals surface area contributed by atoms with Gasteiger partial charge >= 0.3 is 0 Å². The molecule has 0 unspecified atom stereocenters. The number of aromatic nitrogens is 1. The monoisotopic (exact) mass is 273 g/mol. The molecular weight excluding hydrogens is 250 g/mol. The lowest BCUT2D eigenvalue weighted by atomic mass is 10.00. The number of benzene rings is 1. The van der Waals surface area contributed by atoms with Crippen molar-refractivity contribution >= 4 is 10.8 Å². The average molecular weight is 273 g/mol. The fourth-order valence-electron chi connectivity index (χ4n) is 2.36. The van der Waals surface area contributed by atoms with Crippen LogP contribution >= 0.6 is 0 Å². The van der Waals surface area contributed by atoms with Crippen molar-refractivity contribution in [3.8, 4) is 5.75 Å². The second-order valence-electron chi connectivity index (χ2n) is 5.69. The highest BCUT2D eigenvalue weighted by molar-refractivity contribution is 5.88.